The van der Waals surface area contributed by atoms with Gasteiger partial charge in [-0.25, -0.2) is 0 Å². The molecule has 0 radical (unpaired) electrons. The zero-order valence-electron chi connectivity index (χ0n) is 10.9. The summed E-state index contributed by atoms with van der Waals surface area (Å²) in [6.07, 6.45) is 2.03. The number of hydrogen-bond donors (Lipinski definition) is 0. The van der Waals surface area contributed by atoms with Crippen molar-refractivity contribution >= 4 is 11.6 Å². The highest BCUT2D eigenvalue weighted by Gasteiger charge is 2.20. The van der Waals surface area contributed by atoms with Gasteiger partial charge in [0, 0.05) is 37.9 Å². The minimum atomic E-state index is 0.129. The van der Waals surface area contributed by atoms with Gasteiger partial charge in [0.25, 0.3) is 0 Å². The van der Waals surface area contributed by atoms with Crippen molar-refractivity contribution in [1.29, 1.82) is 0 Å². The van der Waals surface area contributed by atoms with Gasteiger partial charge in [-0.15, -0.1) is 0 Å². The summed E-state index contributed by atoms with van der Waals surface area (Å²) in [7, 11) is 0. The highest BCUT2D eigenvalue weighted by Crippen LogP contribution is 2.26. The van der Waals surface area contributed by atoms with Crippen molar-refractivity contribution in [3.8, 4) is 5.75 Å². The van der Waals surface area contributed by atoms with Crippen LogP contribution in [0.4, 0.5) is 0 Å². The number of ketones is 2. The molecule has 19 heavy (non-hydrogen) atoms. The standard InChI is InChI=1S/C15H17NO3/c17-13-3-6-16(7-4-13)10-14(18)11-1-2-15-12(9-11)5-8-19-15/h1-2,9H,3-8,10H2. The minimum absolute atomic E-state index is 0.129. The van der Waals surface area contributed by atoms with E-state index in [-0.39, 0.29) is 5.78 Å². The van der Waals surface area contributed by atoms with Crippen LogP contribution >= 0.6 is 0 Å². The van der Waals surface area contributed by atoms with Crippen molar-refractivity contribution in [3.63, 3.8) is 0 Å². The number of rotatable bonds is 3. The van der Waals surface area contributed by atoms with E-state index in [0.717, 1.165) is 23.3 Å². The molecule has 1 fully saturated rings. The van der Waals surface area contributed by atoms with E-state index in [4.69, 9.17) is 4.74 Å². The molecule has 3 rings (SSSR count). The van der Waals surface area contributed by atoms with E-state index in [0.29, 0.717) is 44.9 Å². The van der Waals surface area contributed by atoms with E-state index in [1.54, 1.807) is 0 Å². The van der Waals surface area contributed by atoms with E-state index in [1.165, 1.54) is 0 Å². The number of piperidine rings is 1. The second-order valence-corrected chi connectivity index (χ2v) is 5.16. The van der Waals surface area contributed by atoms with Gasteiger partial charge < -0.3 is 4.74 Å². The Balaban J connectivity index is 1.65. The Bertz CT molecular complexity index is 514. The second-order valence-electron chi connectivity index (χ2n) is 5.16. The Morgan fingerprint density at radius 3 is 2.79 bits per heavy atom. The van der Waals surface area contributed by atoms with Crippen molar-refractivity contribution in [3.05, 3.63) is 29.3 Å². The lowest BCUT2D eigenvalue weighted by atomic mass is 10.0. The van der Waals surface area contributed by atoms with Crippen molar-refractivity contribution < 1.29 is 14.3 Å². The highest BCUT2D eigenvalue weighted by molar-refractivity contribution is 5.98. The van der Waals surface area contributed by atoms with Crippen LogP contribution in [0.25, 0.3) is 0 Å². The first kappa shape index (κ1) is 12.4. The molecule has 0 N–H and O–H groups in total. The summed E-state index contributed by atoms with van der Waals surface area (Å²) < 4.78 is 5.44. The number of nitrogens with zero attached hydrogens (tertiary/aromatic N) is 1. The number of carbonyl (C=O) groups is 2. The fraction of sp³-hybridized carbons (Fsp3) is 0.467. The van der Waals surface area contributed by atoms with Gasteiger partial charge >= 0.3 is 0 Å². The third-order valence-electron chi connectivity index (χ3n) is 3.79. The average molecular weight is 259 g/mol. The Morgan fingerprint density at radius 1 is 1.21 bits per heavy atom. The van der Waals surface area contributed by atoms with Gasteiger partial charge in [-0.2, -0.15) is 0 Å². The van der Waals surface area contributed by atoms with Crippen molar-refractivity contribution in [1.82, 2.24) is 4.90 Å². The van der Waals surface area contributed by atoms with Crippen LogP contribution in [0.2, 0.25) is 0 Å². The molecule has 0 aliphatic carbocycles. The number of benzene rings is 1. The molecular formula is C15H17NO3. The smallest absolute Gasteiger partial charge is 0.176 e. The molecule has 4 nitrogen and oxygen atoms in total. The molecule has 0 aromatic heterocycles. The number of hydrogen-bond acceptors (Lipinski definition) is 4. The van der Waals surface area contributed by atoms with Crippen molar-refractivity contribution in [2.24, 2.45) is 0 Å². The molecule has 1 aromatic rings. The maximum absolute atomic E-state index is 12.2. The van der Waals surface area contributed by atoms with Gasteiger partial charge in [0.15, 0.2) is 5.78 Å². The summed E-state index contributed by atoms with van der Waals surface area (Å²) in [6.45, 7) is 2.53. The largest absolute Gasteiger partial charge is 0.493 e. The van der Waals surface area contributed by atoms with Crippen LogP contribution in [0.5, 0.6) is 5.75 Å². The number of Topliss-reactive ketones (excluding diaryl/α,β-unsaturated/α-hetero) is 2. The maximum Gasteiger partial charge on any atom is 0.176 e. The Morgan fingerprint density at radius 2 is 2.00 bits per heavy atom. The molecule has 0 saturated carbocycles. The molecule has 1 saturated heterocycles. The molecule has 2 aliphatic heterocycles. The van der Waals surface area contributed by atoms with Gasteiger partial charge in [-0.3, -0.25) is 14.5 Å². The second kappa shape index (κ2) is 5.13. The molecule has 2 heterocycles. The summed E-state index contributed by atoms with van der Waals surface area (Å²) in [4.78, 5) is 25.5. The van der Waals surface area contributed by atoms with Crippen LogP contribution in [0, 0.1) is 0 Å². The quantitative estimate of drug-likeness (QED) is 0.771. The molecule has 2 aliphatic rings. The number of ether oxygens (including phenoxy) is 1. The average Bonchev–Trinajstić information content (AvgIpc) is 2.88. The van der Waals surface area contributed by atoms with Gasteiger partial charge in [0.1, 0.15) is 11.5 Å². The molecule has 0 bridgehead atoms. The van der Waals surface area contributed by atoms with Gasteiger partial charge in [0.2, 0.25) is 0 Å². The number of likely N-dealkylation sites (tertiary alicyclic amines) is 1. The van der Waals surface area contributed by atoms with E-state index in [9.17, 15) is 9.59 Å². The third-order valence-corrected chi connectivity index (χ3v) is 3.79. The zero-order valence-corrected chi connectivity index (χ0v) is 10.9. The summed E-state index contributed by atoms with van der Waals surface area (Å²) >= 11 is 0. The third kappa shape index (κ3) is 2.68. The van der Waals surface area contributed by atoms with Crippen LogP contribution in [-0.4, -0.2) is 42.7 Å². The molecule has 4 heteroatoms. The first-order valence-corrected chi connectivity index (χ1v) is 6.75. The fourth-order valence-corrected chi connectivity index (χ4v) is 2.61. The van der Waals surface area contributed by atoms with Crippen LogP contribution < -0.4 is 4.74 Å². The lowest BCUT2D eigenvalue weighted by Gasteiger charge is -2.24. The van der Waals surface area contributed by atoms with Gasteiger partial charge in [-0.1, -0.05) is 0 Å². The fourth-order valence-electron chi connectivity index (χ4n) is 2.61. The van der Waals surface area contributed by atoms with Crippen LogP contribution in [0.3, 0.4) is 0 Å². The first-order valence-electron chi connectivity index (χ1n) is 6.75. The van der Waals surface area contributed by atoms with Crippen molar-refractivity contribution in [2.75, 3.05) is 26.2 Å². The minimum Gasteiger partial charge on any atom is -0.493 e. The van der Waals surface area contributed by atoms with E-state index < -0.39 is 0 Å². The summed E-state index contributed by atoms with van der Waals surface area (Å²) in [5.41, 5.74) is 1.88. The van der Waals surface area contributed by atoms with E-state index >= 15 is 0 Å². The van der Waals surface area contributed by atoms with Crippen molar-refractivity contribution in [2.45, 2.75) is 19.3 Å². The molecule has 1 aromatic carbocycles. The highest BCUT2D eigenvalue weighted by atomic mass is 16.5. The first-order chi connectivity index (χ1) is 9.22. The predicted molar refractivity (Wildman–Crippen MR) is 70.7 cm³/mol. The van der Waals surface area contributed by atoms with Gasteiger partial charge in [0.05, 0.1) is 13.2 Å². The molecule has 0 amide bonds. The summed E-state index contributed by atoms with van der Waals surface area (Å²) in [5, 5.41) is 0. The van der Waals surface area contributed by atoms with Crippen LogP contribution in [0.1, 0.15) is 28.8 Å². The molecule has 0 unspecified atom stereocenters. The SMILES string of the molecule is O=C1CCN(CC(=O)c2ccc3c(c2)CCO3)CC1. The Hall–Kier alpha value is -1.68. The Kier molecular flexibility index (Phi) is 3.34. The lowest BCUT2D eigenvalue weighted by molar-refractivity contribution is -0.121. The number of carbonyl (C=O) groups excluding carboxylic acids is 2. The number of fused-ring (bicyclic) bond motifs is 1. The predicted octanol–water partition coefficient (Wildman–Crippen LogP) is 1.47. The van der Waals surface area contributed by atoms with E-state index in [1.807, 2.05) is 18.2 Å². The molecule has 0 atom stereocenters. The van der Waals surface area contributed by atoms with Crippen LogP contribution in [0.15, 0.2) is 18.2 Å². The molecule has 0 spiro atoms. The Labute approximate surface area is 112 Å². The monoisotopic (exact) mass is 259 g/mol. The van der Waals surface area contributed by atoms with Gasteiger partial charge in [-0.05, 0) is 23.8 Å². The zero-order chi connectivity index (χ0) is 13.2. The topological polar surface area (TPSA) is 46.6 Å². The lowest BCUT2D eigenvalue weighted by Crippen LogP contribution is -2.37. The van der Waals surface area contributed by atoms with E-state index in [2.05, 4.69) is 4.90 Å². The molecule has 100 valence electrons. The summed E-state index contributed by atoms with van der Waals surface area (Å²) in [6, 6.07) is 5.66. The normalized spacial score (nSPS) is 19.1. The maximum atomic E-state index is 12.2. The summed E-state index contributed by atoms with van der Waals surface area (Å²) in [5.74, 6) is 1.34. The van der Waals surface area contributed by atoms with Crippen LogP contribution in [-0.2, 0) is 11.2 Å². The molecular weight excluding hydrogens is 242 g/mol.